The molecular formula is C15H17NO2S. The summed E-state index contributed by atoms with van der Waals surface area (Å²) in [5, 5.41) is 0. The third-order valence-electron chi connectivity index (χ3n) is 3.03. The van der Waals surface area contributed by atoms with Crippen LogP contribution in [-0.4, -0.2) is 28.4 Å². The van der Waals surface area contributed by atoms with E-state index >= 15 is 0 Å². The van der Waals surface area contributed by atoms with Crippen LogP contribution in [0.25, 0.3) is 0 Å². The Morgan fingerprint density at radius 2 is 2.05 bits per heavy atom. The zero-order valence-corrected chi connectivity index (χ0v) is 11.7. The molecule has 1 aliphatic carbocycles. The molecule has 3 nitrogen and oxygen atoms in total. The van der Waals surface area contributed by atoms with Crippen molar-refractivity contribution in [3.63, 3.8) is 0 Å². The van der Waals surface area contributed by atoms with Gasteiger partial charge in [0.05, 0.1) is 4.90 Å². The van der Waals surface area contributed by atoms with E-state index < -0.39 is 11.0 Å². The zero-order chi connectivity index (χ0) is 13.7. The molecule has 0 amide bonds. The van der Waals surface area contributed by atoms with Gasteiger partial charge in [-0.1, -0.05) is 35.9 Å². The van der Waals surface area contributed by atoms with Crippen LogP contribution in [0.3, 0.4) is 0 Å². The molecule has 1 aromatic carbocycles. The smallest absolute Gasteiger partial charge is 0.150 e. The highest BCUT2D eigenvalue weighted by atomic mass is 32.2. The van der Waals surface area contributed by atoms with Crippen molar-refractivity contribution in [2.75, 3.05) is 13.6 Å². The zero-order valence-electron chi connectivity index (χ0n) is 10.9. The molecule has 1 atom stereocenters. The summed E-state index contributed by atoms with van der Waals surface area (Å²) in [6.45, 7) is 0.701. The van der Waals surface area contributed by atoms with Gasteiger partial charge >= 0.3 is 0 Å². The van der Waals surface area contributed by atoms with E-state index in [9.17, 15) is 9.00 Å². The fourth-order valence-corrected chi connectivity index (χ4v) is 2.98. The normalized spacial score (nSPS) is 16.2. The minimum absolute atomic E-state index is 0.600. The van der Waals surface area contributed by atoms with E-state index in [1.807, 2.05) is 11.4 Å². The Morgan fingerprint density at radius 3 is 2.63 bits per heavy atom. The summed E-state index contributed by atoms with van der Waals surface area (Å²) in [6.07, 6.45) is 9.15. The number of carbonyl (C=O) groups is 1. The van der Waals surface area contributed by atoms with Crippen LogP contribution in [0.1, 0.15) is 23.2 Å². The van der Waals surface area contributed by atoms with Gasteiger partial charge in [0.2, 0.25) is 0 Å². The van der Waals surface area contributed by atoms with E-state index in [0.717, 1.165) is 24.0 Å². The third kappa shape index (κ3) is 3.72. The lowest BCUT2D eigenvalue weighted by atomic mass is 10.1. The highest BCUT2D eigenvalue weighted by molar-refractivity contribution is 7.82. The molecule has 1 aliphatic rings. The molecule has 1 aromatic rings. The lowest BCUT2D eigenvalue weighted by molar-refractivity contribution is 0.112. The SMILES string of the molecule is CN(CC1=CC=CCC1)S(=O)c1ccc(C=O)cc1. The van der Waals surface area contributed by atoms with Gasteiger partial charge in [0.15, 0.2) is 0 Å². The molecule has 1 unspecified atom stereocenters. The van der Waals surface area contributed by atoms with E-state index in [1.54, 1.807) is 24.3 Å². The first-order chi connectivity index (χ1) is 9.20. The van der Waals surface area contributed by atoms with Crippen LogP contribution in [0, 0.1) is 0 Å². The first-order valence-electron chi connectivity index (χ1n) is 6.23. The topological polar surface area (TPSA) is 37.4 Å². The maximum Gasteiger partial charge on any atom is 0.150 e. The van der Waals surface area contributed by atoms with Crippen molar-refractivity contribution in [2.24, 2.45) is 0 Å². The van der Waals surface area contributed by atoms with E-state index in [2.05, 4.69) is 18.2 Å². The van der Waals surface area contributed by atoms with Gasteiger partial charge in [0.25, 0.3) is 0 Å². The summed E-state index contributed by atoms with van der Waals surface area (Å²) >= 11 is 0. The first-order valence-corrected chi connectivity index (χ1v) is 7.34. The molecule has 0 aromatic heterocycles. The van der Waals surface area contributed by atoms with Gasteiger partial charge in [-0.05, 0) is 25.0 Å². The number of aldehydes is 1. The Kier molecular flexibility index (Phi) is 4.82. The predicted octanol–water partition coefficient (Wildman–Crippen LogP) is 2.73. The number of hydrogen-bond donors (Lipinski definition) is 0. The highest BCUT2D eigenvalue weighted by Gasteiger charge is 2.12. The first kappa shape index (κ1) is 13.9. The van der Waals surface area contributed by atoms with Gasteiger partial charge in [0.1, 0.15) is 17.3 Å². The van der Waals surface area contributed by atoms with Gasteiger partial charge in [-0.15, -0.1) is 0 Å². The highest BCUT2D eigenvalue weighted by Crippen LogP contribution is 2.16. The van der Waals surface area contributed by atoms with Crippen LogP contribution < -0.4 is 0 Å². The van der Waals surface area contributed by atoms with Gasteiger partial charge in [-0.25, -0.2) is 8.51 Å². The van der Waals surface area contributed by atoms with Gasteiger partial charge in [0, 0.05) is 19.2 Å². The molecule has 0 aliphatic heterocycles. The maximum atomic E-state index is 12.3. The van der Waals surface area contributed by atoms with Crippen molar-refractivity contribution in [1.82, 2.24) is 4.31 Å². The quantitative estimate of drug-likeness (QED) is 0.775. The maximum absolute atomic E-state index is 12.3. The van der Waals surface area contributed by atoms with Crippen LogP contribution >= 0.6 is 0 Å². The molecular weight excluding hydrogens is 258 g/mol. The Bertz CT molecular complexity index is 532. The molecule has 0 saturated heterocycles. The lowest BCUT2D eigenvalue weighted by Gasteiger charge is -2.18. The fraction of sp³-hybridized carbons (Fsp3) is 0.267. The Labute approximate surface area is 116 Å². The second-order valence-electron chi connectivity index (χ2n) is 4.51. The molecule has 0 N–H and O–H groups in total. The molecule has 0 heterocycles. The summed E-state index contributed by atoms with van der Waals surface area (Å²) in [7, 11) is 0.662. The van der Waals surface area contributed by atoms with Crippen molar-refractivity contribution in [3.05, 3.63) is 53.6 Å². The van der Waals surface area contributed by atoms with Crippen LogP contribution in [0.2, 0.25) is 0 Å². The van der Waals surface area contributed by atoms with E-state index in [1.165, 1.54) is 5.57 Å². The Morgan fingerprint density at radius 1 is 1.32 bits per heavy atom. The second kappa shape index (κ2) is 6.59. The summed E-state index contributed by atoms with van der Waals surface area (Å²) in [5.41, 5.74) is 1.89. The Hall–Kier alpha value is -1.52. The molecule has 4 heteroatoms. The number of nitrogens with zero attached hydrogens (tertiary/aromatic N) is 1. The number of allylic oxidation sites excluding steroid dienone is 3. The number of likely N-dealkylation sites (N-methyl/N-ethyl adjacent to an activating group) is 1. The lowest BCUT2D eigenvalue weighted by Crippen LogP contribution is -2.24. The molecule has 100 valence electrons. The number of hydrogen-bond acceptors (Lipinski definition) is 2. The van der Waals surface area contributed by atoms with Crippen LogP contribution in [0.15, 0.2) is 53.0 Å². The molecule has 0 saturated carbocycles. The molecule has 0 spiro atoms. The molecule has 19 heavy (non-hydrogen) atoms. The van der Waals surface area contributed by atoms with Gasteiger partial charge in [-0.2, -0.15) is 0 Å². The van der Waals surface area contributed by atoms with E-state index in [4.69, 9.17) is 0 Å². The fourth-order valence-electron chi connectivity index (χ4n) is 1.97. The van der Waals surface area contributed by atoms with Crippen LogP contribution in [0.4, 0.5) is 0 Å². The summed E-state index contributed by atoms with van der Waals surface area (Å²) in [4.78, 5) is 11.3. The number of carbonyl (C=O) groups excluding carboxylic acids is 1. The van der Waals surface area contributed by atoms with Crippen molar-refractivity contribution < 1.29 is 9.00 Å². The summed E-state index contributed by atoms with van der Waals surface area (Å²) < 4.78 is 14.1. The summed E-state index contributed by atoms with van der Waals surface area (Å²) in [5.74, 6) is 0. The summed E-state index contributed by atoms with van der Waals surface area (Å²) in [6, 6.07) is 6.87. The average molecular weight is 275 g/mol. The van der Waals surface area contributed by atoms with E-state index in [-0.39, 0.29) is 0 Å². The van der Waals surface area contributed by atoms with Gasteiger partial charge < -0.3 is 0 Å². The van der Waals surface area contributed by atoms with E-state index in [0.29, 0.717) is 12.1 Å². The average Bonchev–Trinajstić information content (AvgIpc) is 2.47. The van der Waals surface area contributed by atoms with Crippen LogP contribution in [-0.2, 0) is 11.0 Å². The minimum atomic E-state index is -1.19. The third-order valence-corrected chi connectivity index (χ3v) is 4.40. The monoisotopic (exact) mass is 275 g/mol. The number of rotatable bonds is 5. The van der Waals surface area contributed by atoms with Crippen molar-refractivity contribution in [2.45, 2.75) is 17.7 Å². The molecule has 0 bridgehead atoms. The molecule has 2 rings (SSSR count). The number of benzene rings is 1. The van der Waals surface area contributed by atoms with Gasteiger partial charge in [-0.3, -0.25) is 4.79 Å². The Balaban J connectivity index is 2.03. The standard InChI is InChI=1S/C15H17NO2S/c1-16(11-13-5-3-2-4-6-13)19(18)15-9-7-14(12-17)8-10-15/h2-3,5,7-10,12H,4,6,11H2,1H3. The minimum Gasteiger partial charge on any atom is -0.298 e. The van der Waals surface area contributed by atoms with Crippen LogP contribution in [0.5, 0.6) is 0 Å². The molecule has 0 fully saturated rings. The second-order valence-corrected chi connectivity index (χ2v) is 6.11. The predicted molar refractivity (Wildman–Crippen MR) is 77.3 cm³/mol. The van der Waals surface area contributed by atoms with Crippen molar-refractivity contribution >= 4 is 17.3 Å². The largest absolute Gasteiger partial charge is 0.298 e. The van der Waals surface area contributed by atoms with Crippen molar-refractivity contribution in [3.8, 4) is 0 Å². The molecule has 0 radical (unpaired) electrons. The van der Waals surface area contributed by atoms with Crippen molar-refractivity contribution in [1.29, 1.82) is 0 Å².